The largest absolute Gasteiger partial charge is 0.497 e. The summed E-state index contributed by atoms with van der Waals surface area (Å²) in [7, 11) is -2.56. The van der Waals surface area contributed by atoms with Crippen molar-refractivity contribution in [1.29, 1.82) is 0 Å². The molecule has 1 aliphatic heterocycles. The first kappa shape index (κ1) is 16.6. The van der Waals surface area contributed by atoms with E-state index in [-0.39, 0.29) is 11.0 Å². The average molecular weight is 350 g/mol. The van der Waals surface area contributed by atoms with Crippen LogP contribution >= 0.6 is 0 Å². The fraction of sp³-hybridized carbons (Fsp3) is 0.294. The summed E-state index contributed by atoms with van der Waals surface area (Å²) in [4.78, 5) is -0.107. The summed E-state index contributed by atoms with van der Waals surface area (Å²) in [5.74, 6) is 2.07. The summed E-state index contributed by atoms with van der Waals surface area (Å²) in [5, 5.41) is 0. The Morgan fingerprint density at radius 1 is 1.17 bits per heavy atom. The van der Waals surface area contributed by atoms with Crippen molar-refractivity contribution in [3.8, 4) is 17.2 Å². The Hall–Kier alpha value is -2.25. The predicted molar refractivity (Wildman–Crippen MR) is 87.5 cm³/mol. The minimum atomic E-state index is -4.15. The lowest BCUT2D eigenvalue weighted by Gasteiger charge is -2.26. The molecule has 7 heteroatoms. The maximum atomic E-state index is 11.0. The number of aryl methyl sites for hydroxylation is 1. The predicted octanol–water partition coefficient (Wildman–Crippen LogP) is 2.71. The number of rotatable bonds is 5. The van der Waals surface area contributed by atoms with Crippen molar-refractivity contribution in [1.82, 2.24) is 0 Å². The summed E-state index contributed by atoms with van der Waals surface area (Å²) >= 11 is 0. The van der Waals surface area contributed by atoms with Crippen LogP contribution in [0.2, 0.25) is 0 Å². The molecule has 0 saturated carbocycles. The van der Waals surface area contributed by atoms with E-state index in [1.165, 1.54) is 12.1 Å². The minimum absolute atomic E-state index is 0.0918. The third kappa shape index (κ3) is 3.80. The number of hydrogen-bond donors (Lipinski definition) is 1. The van der Waals surface area contributed by atoms with E-state index < -0.39 is 10.1 Å². The highest BCUT2D eigenvalue weighted by atomic mass is 32.2. The van der Waals surface area contributed by atoms with E-state index in [0.29, 0.717) is 30.3 Å². The van der Waals surface area contributed by atoms with Crippen LogP contribution in [0.15, 0.2) is 47.4 Å². The monoisotopic (exact) mass is 350 g/mol. The van der Waals surface area contributed by atoms with Gasteiger partial charge in [-0.05, 0) is 42.7 Å². The molecule has 0 radical (unpaired) electrons. The van der Waals surface area contributed by atoms with Crippen molar-refractivity contribution in [3.05, 3.63) is 48.0 Å². The van der Waals surface area contributed by atoms with Crippen LogP contribution in [0.4, 0.5) is 0 Å². The zero-order valence-corrected chi connectivity index (χ0v) is 14.0. The number of benzene rings is 2. The molecular weight excluding hydrogens is 332 g/mol. The highest BCUT2D eigenvalue weighted by molar-refractivity contribution is 7.85. The molecule has 1 aliphatic rings. The number of ether oxygens (including phenoxy) is 3. The quantitative estimate of drug-likeness (QED) is 0.835. The Labute approximate surface area is 140 Å². The fourth-order valence-electron chi connectivity index (χ4n) is 2.52. The van der Waals surface area contributed by atoms with E-state index in [2.05, 4.69) is 0 Å². The third-order valence-electron chi connectivity index (χ3n) is 3.85. The zero-order valence-electron chi connectivity index (χ0n) is 13.1. The van der Waals surface area contributed by atoms with Gasteiger partial charge in [0.25, 0.3) is 10.1 Å². The Balaban J connectivity index is 1.61. The van der Waals surface area contributed by atoms with E-state index >= 15 is 0 Å². The molecular formula is C17H18O6S. The summed E-state index contributed by atoms with van der Waals surface area (Å²) in [6.07, 6.45) is 1.34. The first-order valence-electron chi connectivity index (χ1n) is 7.49. The smallest absolute Gasteiger partial charge is 0.294 e. The van der Waals surface area contributed by atoms with Gasteiger partial charge in [-0.3, -0.25) is 4.55 Å². The number of methoxy groups -OCH3 is 1. The fourth-order valence-corrected chi connectivity index (χ4v) is 3.00. The lowest BCUT2D eigenvalue weighted by atomic mass is 10.1. The van der Waals surface area contributed by atoms with Gasteiger partial charge in [0.05, 0.1) is 12.0 Å². The molecule has 0 spiro atoms. The molecule has 0 aliphatic carbocycles. The Morgan fingerprint density at radius 3 is 2.58 bits per heavy atom. The molecule has 0 saturated heterocycles. The molecule has 0 fully saturated rings. The van der Waals surface area contributed by atoms with Gasteiger partial charge in [-0.15, -0.1) is 0 Å². The normalized spacial score (nSPS) is 16.7. The van der Waals surface area contributed by atoms with Crippen LogP contribution in [0.1, 0.15) is 12.0 Å². The van der Waals surface area contributed by atoms with E-state index in [1.54, 1.807) is 25.3 Å². The number of hydrogen-bond acceptors (Lipinski definition) is 5. The summed E-state index contributed by atoms with van der Waals surface area (Å²) < 4.78 is 47.8. The zero-order chi connectivity index (χ0) is 17.2. The van der Waals surface area contributed by atoms with Crippen molar-refractivity contribution in [2.24, 2.45) is 0 Å². The molecule has 0 unspecified atom stereocenters. The van der Waals surface area contributed by atoms with E-state index in [9.17, 15) is 8.42 Å². The molecule has 6 nitrogen and oxygen atoms in total. The molecule has 24 heavy (non-hydrogen) atoms. The maximum absolute atomic E-state index is 11.0. The highest BCUT2D eigenvalue weighted by Gasteiger charge is 2.21. The topological polar surface area (TPSA) is 82.1 Å². The average Bonchev–Trinajstić information content (AvgIpc) is 2.58. The van der Waals surface area contributed by atoms with Crippen LogP contribution in [-0.2, 0) is 16.5 Å². The second kappa shape index (κ2) is 6.70. The molecule has 2 aromatic rings. The summed E-state index contributed by atoms with van der Waals surface area (Å²) in [5.41, 5.74) is 0.961. The summed E-state index contributed by atoms with van der Waals surface area (Å²) in [6, 6.07) is 11.6. The molecule has 0 aromatic heterocycles. The minimum Gasteiger partial charge on any atom is -0.497 e. The molecule has 2 aromatic carbocycles. The van der Waals surface area contributed by atoms with Crippen molar-refractivity contribution in [2.45, 2.75) is 23.8 Å². The first-order chi connectivity index (χ1) is 11.5. The van der Waals surface area contributed by atoms with Crippen LogP contribution in [0, 0.1) is 0 Å². The van der Waals surface area contributed by atoms with E-state index in [0.717, 1.165) is 12.0 Å². The molecule has 1 atom stereocenters. The molecule has 0 bridgehead atoms. The summed E-state index contributed by atoms with van der Waals surface area (Å²) in [6.45, 7) is 0.461. The molecule has 1 heterocycles. The molecule has 0 amide bonds. The van der Waals surface area contributed by atoms with Crippen molar-refractivity contribution in [3.63, 3.8) is 0 Å². The number of fused-ring (bicyclic) bond motifs is 1. The first-order valence-corrected chi connectivity index (χ1v) is 8.93. The van der Waals surface area contributed by atoms with Crippen LogP contribution in [-0.4, -0.2) is 32.8 Å². The van der Waals surface area contributed by atoms with Crippen LogP contribution < -0.4 is 14.2 Å². The van der Waals surface area contributed by atoms with Gasteiger partial charge in [0.2, 0.25) is 0 Å². The van der Waals surface area contributed by atoms with Gasteiger partial charge >= 0.3 is 0 Å². The van der Waals surface area contributed by atoms with Gasteiger partial charge in [-0.2, -0.15) is 8.42 Å². The molecule has 1 N–H and O–H groups in total. The van der Waals surface area contributed by atoms with Crippen LogP contribution in [0.3, 0.4) is 0 Å². The van der Waals surface area contributed by atoms with Gasteiger partial charge in [0, 0.05) is 6.07 Å². The van der Waals surface area contributed by atoms with E-state index in [4.69, 9.17) is 18.8 Å². The second-order valence-electron chi connectivity index (χ2n) is 5.52. The lowest BCUT2D eigenvalue weighted by molar-refractivity contribution is 0.0847. The SMILES string of the molecule is COc1ccc2c(c1)O[C@H](CCc1ccc(S(=O)(=O)O)cc1)CO2. The van der Waals surface area contributed by atoms with Crippen molar-refractivity contribution >= 4 is 10.1 Å². The third-order valence-corrected chi connectivity index (χ3v) is 4.71. The molecule has 3 rings (SSSR count). The molecule has 128 valence electrons. The Morgan fingerprint density at radius 2 is 1.92 bits per heavy atom. The van der Waals surface area contributed by atoms with Crippen LogP contribution in [0.5, 0.6) is 17.2 Å². The van der Waals surface area contributed by atoms with Gasteiger partial charge in [-0.1, -0.05) is 12.1 Å². The van der Waals surface area contributed by atoms with Crippen molar-refractivity contribution in [2.75, 3.05) is 13.7 Å². The van der Waals surface area contributed by atoms with Gasteiger partial charge in [-0.25, -0.2) is 0 Å². The van der Waals surface area contributed by atoms with Gasteiger partial charge in [0.1, 0.15) is 18.5 Å². The van der Waals surface area contributed by atoms with E-state index in [1.807, 2.05) is 12.1 Å². The Bertz CT molecular complexity index is 813. The van der Waals surface area contributed by atoms with Gasteiger partial charge in [0.15, 0.2) is 11.5 Å². The van der Waals surface area contributed by atoms with Gasteiger partial charge < -0.3 is 14.2 Å². The lowest BCUT2D eigenvalue weighted by Crippen LogP contribution is -2.29. The standard InChI is InChI=1S/C17H18O6S/c1-21-13-6-9-16-17(10-13)23-14(11-22-16)5-2-12-3-7-15(8-4-12)24(18,19)20/h3-4,6-10,14H,2,5,11H2,1H3,(H,18,19,20)/t14-/m1/s1. The Kier molecular flexibility index (Phi) is 4.64. The maximum Gasteiger partial charge on any atom is 0.294 e. The van der Waals surface area contributed by atoms with Crippen LogP contribution in [0.25, 0.3) is 0 Å². The highest BCUT2D eigenvalue weighted by Crippen LogP contribution is 2.35. The second-order valence-corrected chi connectivity index (χ2v) is 6.94. The van der Waals surface area contributed by atoms with Crippen molar-refractivity contribution < 1.29 is 27.2 Å².